The largest absolute Gasteiger partial charge is 0.506 e. The molecular formula is C42H44N2O6Ti. The van der Waals surface area contributed by atoms with Crippen LogP contribution in [0.2, 0.25) is 0 Å². The Bertz CT molecular complexity index is 1900. The number of hydrogen-bond acceptors (Lipinski definition) is 6. The number of benzene rings is 6. The van der Waals surface area contributed by atoms with Gasteiger partial charge in [-0.25, -0.2) is 0 Å². The molecule has 0 aliphatic heterocycles. The molecule has 0 aliphatic carbocycles. The van der Waals surface area contributed by atoms with Crippen LogP contribution in [-0.4, -0.2) is 44.4 Å². The molecule has 0 unspecified atom stereocenters. The minimum Gasteiger partial charge on any atom is -0.506 e. The molecule has 2 amide bonds. The number of aliphatic hydroxyl groups is 2. The topological polar surface area (TPSA) is 139 Å². The molecule has 6 N–H and O–H groups in total. The Kier molecular flexibility index (Phi) is 15.4. The monoisotopic (exact) mass is 720 g/mol. The number of carbonyl (C=O) groups is 2. The fourth-order valence-electron chi connectivity index (χ4n) is 5.27. The second-order valence-corrected chi connectivity index (χ2v) is 12.3. The fraction of sp³-hybridized carbons (Fsp3) is 0.190. The van der Waals surface area contributed by atoms with Crippen molar-refractivity contribution in [2.75, 3.05) is 0 Å². The molecule has 0 radical (unpaired) electrons. The third-order valence-electron chi connectivity index (χ3n) is 7.37. The zero-order chi connectivity index (χ0) is 36.2. The smallest absolute Gasteiger partial charge is 0.255 e. The van der Waals surface area contributed by atoms with Gasteiger partial charge < -0.3 is 31.1 Å². The van der Waals surface area contributed by atoms with Crippen molar-refractivity contribution in [1.82, 2.24) is 10.6 Å². The predicted octanol–water partition coefficient (Wildman–Crippen LogP) is 7.70. The molecule has 0 aliphatic rings. The first-order valence-electron chi connectivity index (χ1n) is 16.5. The van der Waals surface area contributed by atoms with Crippen molar-refractivity contribution < 1.29 is 51.7 Å². The zero-order valence-electron chi connectivity index (χ0n) is 29.2. The van der Waals surface area contributed by atoms with Crippen molar-refractivity contribution in [3.63, 3.8) is 0 Å². The molecule has 51 heavy (non-hydrogen) atoms. The second kappa shape index (κ2) is 19.4. The number of phenolic OH excluding ortho intramolecular Hbond substituents is 2. The van der Waals surface area contributed by atoms with Gasteiger partial charge in [0.25, 0.3) is 11.8 Å². The van der Waals surface area contributed by atoms with E-state index in [9.17, 15) is 19.8 Å². The van der Waals surface area contributed by atoms with Gasteiger partial charge in [0.1, 0.15) is 11.5 Å². The minimum absolute atomic E-state index is 0. The normalized spacial score (nSPS) is 10.4. The van der Waals surface area contributed by atoms with Crippen LogP contribution in [0.1, 0.15) is 59.5 Å². The average Bonchev–Trinajstić information content (AvgIpc) is 3.10. The number of rotatable bonds is 7. The number of phenols is 2. The summed E-state index contributed by atoms with van der Waals surface area (Å²) in [4.78, 5) is 26.8. The van der Waals surface area contributed by atoms with Gasteiger partial charge >= 0.3 is 0 Å². The summed E-state index contributed by atoms with van der Waals surface area (Å²) in [5.74, 6) is -1.46. The second-order valence-electron chi connectivity index (χ2n) is 12.3. The van der Waals surface area contributed by atoms with Crippen LogP contribution in [0.3, 0.4) is 0 Å². The molecule has 6 rings (SSSR count). The van der Waals surface area contributed by atoms with E-state index in [2.05, 4.69) is 10.6 Å². The summed E-state index contributed by atoms with van der Waals surface area (Å²) >= 11 is 0. The van der Waals surface area contributed by atoms with Crippen LogP contribution in [0.15, 0.2) is 121 Å². The molecule has 0 aromatic heterocycles. The Hall–Kier alpha value is -4.99. The summed E-state index contributed by atoms with van der Waals surface area (Å²) in [6, 6.07) is 37.0. The van der Waals surface area contributed by atoms with Crippen molar-refractivity contribution in [2.24, 2.45) is 0 Å². The predicted molar refractivity (Wildman–Crippen MR) is 200 cm³/mol. The van der Waals surface area contributed by atoms with Crippen molar-refractivity contribution in [3.05, 3.63) is 144 Å². The molecule has 0 fully saturated rings. The maximum absolute atomic E-state index is 13.4. The summed E-state index contributed by atoms with van der Waals surface area (Å²) in [5.41, 5.74) is 2.55. The number of carbonyl (C=O) groups excluding carboxylic acids is 2. The quantitative estimate of drug-likeness (QED) is 0.0935. The molecule has 0 saturated carbocycles. The fourth-order valence-corrected chi connectivity index (χ4v) is 5.27. The molecule has 0 heterocycles. The summed E-state index contributed by atoms with van der Waals surface area (Å²) in [6.07, 6.45) is -0.333. The SMILES string of the molecule is CC(C)O.CC(C)O.O=C(NCc1ccccc1)c1cc2ccccc2c(-c2c(O)c(C(=O)NCc3ccccc3)cc3ccccc23)c1O.[Ti]. The maximum atomic E-state index is 13.4. The average molecular weight is 721 g/mol. The first kappa shape index (κ1) is 40.4. The Morgan fingerprint density at radius 2 is 0.824 bits per heavy atom. The van der Waals surface area contributed by atoms with Gasteiger partial charge in [0.15, 0.2) is 0 Å². The first-order chi connectivity index (χ1) is 24.0. The van der Waals surface area contributed by atoms with E-state index in [0.717, 1.165) is 11.1 Å². The minimum atomic E-state index is -0.455. The molecule has 0 spiro atoms. The number of aromatic hydroxyl groups is 2. The van der Waals surface area contributed by atoms with Gasteiger partial charge in [-0.2, -0.15) is 0 Å². The van der Waals surface area contributed by atoms with Gasteiger partial charge in [-0.05, 0) is 72.5 Å². The Morgan fingerprint density at radius 3 is 1.16 bits per heavy atom. The summed E-state index contributed by atoms with van der Waals surface area (Å²) in [5, 5.41) is 48.0. The van der Waals surface area contributed by atoms with E-state index in [1.54, 1.807) is 39.8 Å². The third-order valence-corrected chi connectivity index (χ3v) is 7.37. The van der Waals surface area contributed by atoms with E-state index < -0.39 is 11.8 Å². The molecule has 262 valence electrons. The first-order valence-corrected chi connectivity index (χ1v) is 16.5. The van der Waals surface area contributed by atoms with Crippen molar-refractivity contribution in [1.29, 1.82) is 0 Å². The van der Waals surface area contributed by atoms with E-state index in [-0.39, 0.29) is 80.8 Å². The van der Waals surface area contributed by atoms with Crippen LogP contribution in [0.25, 0.3) is 32.7 Å². The van der Waals surface area contributed by atoms with Gasteiger partial charge in [-0.15, -0.1) is 0 Å². The van der Waals surface area contributed by atoms with Crippen LogP contribution in [0.4, 0.5) is 0 Å². The summed E-state index contributed by atoms with van der Waals surface area (Å²) < 4.78 is 0. The van der Waals surface area contributed by atoms with E-state index in [0.29, 0.717) is 21.5 Å². The maximum Gasteiger partial charge on any atom is 0.255 e. The van der Waals surface area contributed by atoms with Crippen molar-refractivity contribution in [2.45, 2.75) is 53.0 Å². The molecule has 0 saturated heterocycles. The molecule has 8 nitrogen and oxygen atoms in total. The number of aliphatic hydroxyl groups excluding tert-OH is 2. The number of hydrogen-bond donors (Lipinski definition) is 6. The summed E-state index contributed by atoms with van der Waals surface area (Å²) in [7, 11) is 0. The van der Waals surface area contributed by atoms with E-state index in [1.165, 1.54) is 0 Å². The van der Waals surface area contributed by atoms with Crippen LogP contribution in [0, 0.1) is 0 Å². The van der Waals surface area contributed by atoms with Crippen LogP contribution < -0.4 is 10.6 Å². The molecule has 0 bridgehead atoms. The van der Waals surface area contributed by atoms with Crippen molar-refractivity contribution >= 4 is 33.4 Å². The number of amides is 2. The molecule has 9 heteroatoms. The van der Waals surface area contributed by atoms with Crippen LogP contribution in [-0.2, 0) is 34.8 Å². The number of nitrogens with one attached hydrogen (secondary N) is 2. The van der Waals surface area contributed by atoms with Gasteiger partial charge in [-0.3, -0.25) is 9.59 Å². The van der Waals surface area contributed by atoms with E-state index >= 15 is 0 Å². The molecular weight excluding hydrogens is 676 g/mol. The third kappa shape index (κ3) is 11.0. The van der Waals surface area contributed by atoms with Gasteiger partial charge in [0.05, 0.1) is 11.1 Å². The van der Waals surface area contributed by atoms with Crippen molar-refractivity contribution in [3.8, 4) is 22.6 Å². The Morgan fingerprint density at radius 1 is 0.529 bits per heavy atom. The van der Waals surface area contributed by atoms with Crippen LogP contribution in [0.5, 0.6) is 11.5 Å². The van der Waals surface area contributed by atoms with E-state index in [1.807, 2.05) is 109 Å². The van der Waals surface area contributed by atoms with Gasteiger partial charge in [0.2, 0.25) is 0 Å². The zero-order valence-corrected chi connectivity index (χ0v) is 30.8. The molecule has 0 atom stereocenters. The molecule has 6 aromatic carbocycles. The van der Waals surface area contributed by atoms with Gasteiger partial charge in [0, 0.05) is 58.1 Å². The van der Waals surface area contributed by atoms with Crippen LogP contribution >= 0.6 is 0 Å². The summed E-state index contributed by atoms with van der Waals surface area (Å²) in [6.45, 7) is 7.46. The molecule has 6 aromatic rings. The van der Waals surface area contributed by atoms with E-state index in [4.69, 9.17) is 10.2 Å². The Balaban J connectivity index is 0.000000709. The standard InChI is InChI=1S/C36H28N2O4.2C3H8O.Ti/c39-33-29(35(41)37-21-23-11-3-1-4-12-23)19-25-15-7-9-17-27(25)31(33)32-28-18-10-8-16-26(28)20-30(34(32)40)36(42)38-22-24-13-5-2-6-14-24;2*1-3(2)4;/h1-20,39-40H,21-22H2,(H,37,41)(H,38,42);2*3-4H,1-2H3;. The number of fused-ring (bicyclic) bond motifs is 2. The Labute approximate surface area is 313 Å². The van der Waals surface area contributed by atoms with Gasteiger partial charge in [-0.1, -0.05) is 109 Å².